The Balaban J connectivity index is 1.93. The summed E-state index contributed by atoms with van der Waals surface area (Å²) in [6, 6.07) is 5.75. The second kappa shape index (κ2) is 6.72. The molecule has 0 radical (unpaired) electrons. The van der Waals surface area contributed by atoms with Crippen molar-refractivity contribution < 1.29 is 33.4 Å². The monoisotopic (exact) mass is 418 g/mol. The van der Waals surface area contributed by atoms with Crippen molar-refractivity contribution >= 4 is 43.7 Å². The van der Waals surface area contributed by atoms with E-state index in [0.29, 0.717) is 4.48 Å². The SMILES string of the molecule is CC1=C(Br)c2occ(C(=O)c3ccc(OCC(=O)O)cc3)c2C(=O)C1=O. The largest absolute Gasteiger partial charge is 0.482 e. The molecule has 1 aliphatic carbocycles. The van der Waals surface area contributed by atoms with Gasteiger partial charge in [0.05, 0.1) is 15.6 Å². The van der Waals surface area contributed by atoms with E-state index in [1.807, 2.05) is 0 Å². The van der Waals surface area contributed by atoms with Gasteiger partial charge in [-0.25, -0.2) is 4.79 Å². The Morgan fingerprint density at radius 2 is 1.81 bits per heavy atom. The summed E-state index contributed by atoms with van der Waals surface area (Å²) in [5.41, 5.74) is 0.375. The number of ether oxygens (including phenoxy) is 1. The van der Waals surface area contributed by atoms with Crippen molar-refractivity contribution in [3.8, 4) is 5.75 Å². The fourth-order valence-electron chi connectivity index (χ4n) is 2.47. The van der Waals surface area contributed by atoms with Crippen LogP contribution in [0.2, 0.25) is 0 Å². The molecule has 2 aromatic rings. The van der Waals surface area contributed by atoms with Gasteiger partial charge in [-0.2, -0.15) is 0 Å². The second-order valence-corrected chi connectivity index (χ2v) is 6.28. The van der Waals surface area contributed by atoms with Gasteiger partial charge in [0.2, 0.25) is 11.6 Å². The minimum absolute atomic E-state index is 0.0120. The average Bonchev–Trinajstić information content (AvgIpc) is 3.08. The highest BCUT2D eigenvalue weighted by molar-refractivity contribution is 9.15. The highest BCUT2D eigenvalue weighted by atomic mass is 79.9. The third-order valence-corrected chi connectivity index (χ3v) is 4.77. The zero-order valence-electron chi connectivity index (χ0n) is 13.4. The number of ketones is 3. The average molecular weight is 419 g/mol. The predicted octanol–water partition coefficient (Wildman–Crippen LogP) is 2.87. The molecule has 0 fully saturated rings. The third-order valence-electron chi connectivity index (χ3n) is 3.82. The van der Waals surface area contributed by atoms with Crippen LogP contribution in [0.1, 0.15) is 39.0 Å². The number of furan rings is 1. The van der Waals surface area contributed by atoms with Crippen LogP contribution in [0.4, 0.5) is 0 Å². The molecule has 0 bridgehead atoms. The number of fused-ring (bicyclic) bond motifs is 1. The summed E-state index contributed by atoms with van der Waals surface area (Å²) in [4.78, 5) is 47.5. The number of hydrogen-bond acceptors (Lipinski definition) is 6. The number of halogens is 1. The van der Waals surface area contributed by atoms with Gasteiger partial charge in [-0.1, -0.05) is 0 Å². The zero-order chi connectivity index (χ0) is 19.0. The van der Waals surface area contributed by atoms with Crippen LogP contribution in [0.3, 0.4) is 0 Å². The van der Waals surface area contributed by atoms with Crippen LogP contribution in [0.15, 0.2) is 40.5 Å². The molecule has 0 atom stereocenters. The summed E-state index contributed by atoms with van der Waals surface area (Å²) < 4.78 is 10.7. The second-order valence-electron chi connectivity index (χ2n) is 5.49. The highest BCUT2D eigenvalue weighted by Gasteiger charge is 2.36. The molecule has 1 heterocycles. The maximum Gasteiger partial charge on any atom is 0.341 e. The topological polar surface area (TPSA) is 111 Å². The first kappa shape index (κ1) is 17.8. The summed E-state index contributed by atoms with van der Waals surface area (Å²) in [7, 11) is 0. The molecule has 1 aliphatic rings. The Morgan fingerprint density at radius 3 is 2.42 bits per heavy atom. The van der Waals surface area contributed by atoms with Crippen molar-refractivity contribution in [3.05, 3.63) is 58.6 Å². The lowest BCUT2D eigenvalue weighted by atomic mass is 9.90. The van der Waals surface area contributed by atoms with E-state index in [1.54, 1.807) is 0 Å². The van der Waals surface area contributed by atoms with Crippen LogP contribution >= 0.6 is 15.9 Å². The lowest BCUT2D eigenvalue weighted by molar-refractivity contribution is -0.139. The van der Waals surface area contributed by atoms with Gasteiger partial charge in [0.25, 0.3) is 0 Å². The molecule has 1 aromatic heterocycles. The predicted molar refractivity (Wildman–Crippen MR) is 92.6 cm³/mol. The molecular weight excluding hydrogens is 408 g/mol. The van der Waals surface area contributed by atoms with E-state index in [1.165, 1.54) is 31.2 Å². The van der Waals surface area contributed by atoms with Crippen molar-refractivity contribution in [3.63, 3.8) is 0 Å². The molecule has 0 unspecified atom stereocenters. The lowest BCUT2D eigenvalue weighted by Gasteiger charge is -2.11. The standard InChI is InChI=1S/C18H11BrO7/c1-8-14(19)18-13(17(24)15(8)22)11(6-26-18)16(23)9-2-4-10(5-3-9)25-7-12(20)21/h2-6H,7H2,1H3,(H,20,21). The van der Waals surface area contributed by atoms with E-state index in [2.05, 4.69) is 15.9 Å². The van der Waals surface area contributed by atoms with E-state index in [0.717, 1.165) is 6.26 Å². The summed E-state index contributed by atoms with van der Waals surface area (Å²) in [6.07, 6.45) is 1.15. The minimum Gasteiger partial charge on any atom is -0.482 e. The fraction of sp³-hybridized carbons (Fsp3) is 0.111. The Bertz CT molecular complexity index is 979. The van der Waals surface area contributed by atoms with E-state index < -0.39 is 29.9 Å². The normalized spacial score (nSPS) is 13.6. The van der Waals surface area contributed by atoms with E-state index in [4.69, 9.17) is 14.3 Å². The van der Waals surface area contributed by atoms with E-state index >= 15 is 0 Å². The van der Waals surface area contributed by atoms with Crippen LogP contribution in [-0.4, -0.2) is 35.0 Å². The van der Waals surface area contributed by atoms with Crippen LogP contribution in [0.25, 0.3) is 4.48 Å². The van der Waals surface area contributed by atoms with Gasteiger partial charge in [-0.05, 0) is 47.1 Å². The van der Waals surface area contributed by atoms with E-state index in [9.17, 15) is 19.2 Å². The molecule has 1 N–H and O–H groups in total. The summed E-state index contributed by atoms with van der Waals surface area (Å²) in [6.45, 7) is 0.992. The Hall–Kier alpha value is -3.00. The number of allylic oxidation sites excluding steroid dienone is 1. The highest BCUT2D eigenvalue weighted by Crippen LogP contribution is 2.37. The molecular formula is C18H11BrO7. The van der Waals surface area contributed by atoms with Gasteiger partial charge in [0.15, 0.2) is 18.2 Å². The molecule has 26 heavy (non-hydrogen) atoms. The van der Waals surface area contributed by atoms with Crippen LogP contribution < -0.4 is 4.74 Å². The number of rotatable bonds is 5. The molecule has 0 aliphatic heterocycles. The van der Waals surface area contributed by atoms with Crippen LogP contribution in [0, 0.1) is 0 Å². The molecule has 0 amide bonds. The lowest BCUT2D eigenvalue weighted by Crippen LogP contribution is -2.22. The number of carboxylic acids is 1. The number of carbonyl (C=O) groups is 4. The van der Waals surface area contributed by atoms with Crippen LogP contribution in [0.5, 0.6) is 5.75 Å². The van der Waals surface area contributed by atoms with Gasteiger partial charge in [-0.3, -0.25) is 14.4 Å². The molecule has 8 heteroatoms. The van der Waals surface area contributed by atoms with Crippen LogP contribution in [-0.2, 0) is 9.59 Å². The zero-order valence-corrected chi connectivity index (χ0v) is 15.0. The first-order valence-electron chi connectivity index (χ1n) is 7.38. The van der Waals surface area contributed by atoms with Crippen molar-refractivity contribution in [2.24, 2.45) is 0 Å². The molecule has 0 saturated heterocycles. The van der Waals surface area contributed by atoms with Gasteiger partial charge in [0.1, 0.15) is 12.0 Å². The third kappa shape index (κ3) is 2.99. The quantitative estimate of drug-likeness (QED) is 0.586. The Morgan fingerprint density at radius 1 is 1.15 bits per heavy atom. The number of benzene rings is 1. The molecule has 132 valence electrons. The molecule has 3 rings (SSSR count). The summed E-state index contributed by atoms with van der Waals surface area (Å²) in [5.74, 6) is -2.67. The number of aliphatic carboxylic acids is 1. The van der Waals surface area contributed by atoms with Gasteiger partial charge in [-0.15, -0.1) is 0 Å². The molecule has 0 spiro atoms. The summed E-state index contributed by atoms with van der Waals surface area (Å²) >= 11 is 3.21. The van der Waals surface area contributed by atoms with Gasteiger partial charge >= 0.3 is 5.97 Å². The fourth-order valence-corrected chi connectivity index (χ4v) is 2.94. The van der Waals surface area contributed by atoms with Crippen molar-refractivity contribution in [2.45, 2.75) is 6.92 Å². The number of hydrogen-bond donors (Lipinski definition) is 1. The first-order valence-corrected chi connectivity index (χ1v) is 8.17. The van der Waals surface area contributed by atoms with Crippen molar-refractivity contribution in [2.75, 3.05) is 6.61 Å². The van der Waals surface area contributed by atoms with Crippen molar-refractivity contribution in [1.29, 1.82) is 0 Å². The maximum atomic E-state index is 12.7. The number of carbonyl (C=O) groups excluding carboxylic acids is 3. The van der Waals surface area contributed by atoms with Crippen molar-refractivity contribution in [1.82, 2.24) is 0 Å². The molecule has 1 aromatic carbocycles. The Kier molecular flexibility index (Phi) is 4.60. The minimum atomic E-state index is -1.12. The summed E-state index contributed by atoms with van der Waals surface area (Å²) in [5, 5.41) is 8.58. The van der Waals surface area contributed by atoms with E-state index in [-0.39, 0.29) is 33.8 Å². The number of Topliss-reactive ketones (excluding diaryl/α,β-unsaturated/α-hetero) is 2. The van der Waals surface area contributed by atoms with Gasteiger partial charge in [0, 0.05) is 11.1 Å². The maximum absolute atomic E-state index is 12.7. The number of carboxylic acid groups (broad SMARTS) is 1. The smallest absolute Gasteiger partial charge is 0.341 e. The van der Waals surface area contributed by atoms with Gasteiger partial charge < -0.3 is 14.3 Å². The molecule has 0 saturated carbocycles. The molecule has 7 nitrogen and oxygen atoms in total. The first-order chi connectivity index (χ1) is 12.3. The Labute approximate surface area is 155 Å².